The molecule has 1 amide bonds. The Labute approximate surface area is 95.6 Å². The molecule has 0 saturated heterocycles. The fraction of sp³-hybridized carbons (Fsp3) is 0.333. The highest BCUT2D eigenvalue weighted by Crippen LogP contribution is 2.08. The topological polar surface area (TPSA) is 55.4 Å². The van der Waals surface area contributed by atoms with E-state index >= 15 is 0 Å². The van der Waals surface area contributed by atoms with Crippen LogP contribution in [-0.4, -0.2) is 19.0 Å². The lowest BCUT2D eigenvalue weighted by atomic mass is 10.2. The molecule has 0 fully saturated rings. The van der Waals surface area contributed by atoms with Crippen molar-refractivity contribution in [3.63, 3.8) is 0 Å². The lowest BCUT2D eigenvalue weighted by molar-refractivity contribution is -0.150. The molecular weight excluding hydrogens is 206 g/mol. The van der Waals surface area contributed by atoms with Gasteiger partial charge in [-0.15, -0.1) is 0 Å². The molecule has 0 aliphatic heterocycles. The molecule has 0 spiro atoms. The van der Waals surface area contributed by atoms with Crippen molar-refractivity contribution in [2.75, 3.05) is 12.4 Å². The number of hydrogen-bond acceptors (Lipinski definition) is 3. The molecule has 4 nitrogen and oxygen atoms in total. The van der Waals surface area contributed by atoms with Gasteiger partial charge in [0.15, 0.2) is 0 Å². The maximum atomic E-state index is 11.0. The zero-order chi connectivity index (χ0) is 12.6. The molecule has 16 heavy (non-hydrogen) atoms. The van der Waals surface area contributed by atoms with Gasteiger partial charge in [0.1, 0.15) is 0 Å². The van der Waals surface area contributed by atoms with Crippen molar-refractivity contribution in [2.45, 2.75) is 20.8 Å². The Morgan fingerprint density at radius 2 is 1.62 bits per heavy atom. The molecule has 0 atom stereocenters. The van der Waals surface area contributed by atoms with E-state index < -0.39 is 11.9 Å². The number of ether oxygens (including phenoxy) is 1. The first-order valence-corrected chi connectivity index (χ1v) is 5.09. The summed E-state index contributed by atoms with van der Waals surface area (Å²) in [7, 11) is 1.16. The normalized spacial score (nSPS) is 8.50. The van der Waals surface area contributed by atoms with Crippen LogP contribution < -0.4 is 5.32 Å². The van der Waals surface area contributed by atoms with Gasteiger partial charge in [-0.3, -0.25) is 4.79 Å². The highest BCUT2D eigenvalue weighted by molar-refractivity contribution is 6.37. The first-order chi connectivity index (χ1) is 7.63. The van der Waals surface area contributed by atoms with Crippen LogP contribution in [0.25, 0.3) is 0 Å². The van der Waals surface area contributed by atoms with Crippen molar-refractivity contribution in [1.82, 2.24) is 0 Å². The van der Waals surface area contributed by atoms with Crippen LogP contribution in [0.2, 0.25) is 0 Å². The molecule has 4 heteroatoms. The van der Waals surface area contributed by atoms with E-state index in [-0.39, 0.29) is 0 Å². The van der Waals surface area contributed by atoms with E-state index in [0.717, 1.165) is 12.7 Å². The van der Waals surface area contributed by atoms with Gasteiger partial charge >= 0.3 is 11.9 Å². The summed E-state index contributed by atoms with van der Waals surface area (Å²) in [6.45, 7) is 5.94. The molecule has 0 unspecified atom stereocenters. The number of carbonyl (C=O) groups is 2. The molecule has 88 valence electrons. The molecule has 1 aromatic carbocycles. The third-order valence-electron chi connectivity index (χ3n) is 1.68. The van der Waals surface area contributed by atoms with Gasteiger partial charge < -0.3 is 10.1 Å². The van der Waals surface area contributed by atoms with Gasteiger partial charge in [-0.1, -0.05) is 31.5 Å². The van der Waals surface area contributed by atoms with Gasteiger partial charge in [0.05, 0.1) is 7.11 Å². The fourth-order valence-corrected chi connectivity index (χ4v) is 0.912. The van der Waals surface area contributed by atoms with E-state index in [2.05, 4.69) is 10.1 Å². The second-order valence-electron chi connectivity index (χ2n) is 2.81. The maximum Gasteiger partial charge on any atom is 0.396 e. The maximum absolute atomic E-state index is 11.0. The van der Waals surface area contributed by atoms with Crippen LogP contribution in [0.15, 0.2) is 24.3 Å². The molecular formula is C12H17NO3. The average molecular weight is 223 g/mol. The SMILES string of the molecule is CC.COC(=O)C(=O)Nc1ccc(C)cc1. The van der Waals surface area contributed by atoms with Gasteiger partial charge in [0.2, 0.25) is 0 Å². The predicted octanol–water partition coefficient (Wildman–Crippen LogP) is 2.13. The second-order valence-corrected chi connectivity index (χ2v) is 2.81. The lowest BCUT2D eigenvalue weighted by Gasteiger charge is -2.03. The lowest BCUT2D eigenvalue weighted by Crippen LogP contribution is -2.23. The second kappa shape index (κ2) is 7.45. The monoisotopic (exact) mass is 223 g/mol. The van der Waals surface area contributed by atoms with Crippen molar-refractivity contribution in [1.29, 1.82) is 0 Å². The minimum atomic E-state index is -0.898. The van der Waals surface area contributed by atoms with Crippen LogP contribution in [0.5, 0.6) is 0 Å². The summed E-state index contributed by atoms with van der Waals surface area (Å²) >= 11 is 0. The van der Waals surface area contributed by atoms with Crippen molar-refractivity contribution in [2.24, 2.45) is 0 Å². The molecule has 0 aliphatic carbocycles. The molecule has 1 N–H and O–H groups in total. The first kappa shape index (κ1) is 14.2. The van der Waals surface area contributed by atoms with Gasteiger partial charge in [-0.05, 0) is 19.1 Å². The molecule has 0 aromatic heterocycles. The minimum absolute atomic E-state index is 0.575. The van der Waals surface area contributed by atoms with Crippen LogP contribution in [0, 0.1) is 6.92 Å². The van der Waals surface area contributed by atoms with Gasteiger partial charge in [-0.25, -0.2) is 4.79 Å². The van der Waals surface area contributed by atoms with Crippen LogP contribution >= 0.6 is 0 Å². The number of amides is 1. The van der Waals surface area contributed by atoms with Crippen LogP contribution in [0.3, 0.4) is 0 Å². The number of anilines is 1. The Morgan fingerprint density at radius 1 is 1.12 bits per heavy atom. The Hall–Kier alpha value is -1.84. The highest BCUT2D eigenvalue weighted by Gasteiger charge is 2.12. The zero-order valence-corrected chi connectivity index (χ0v) is 10.0. The molecule has 0 aliphatic rings. The van der Waals surface area contributed by atoms with E-state index in [1.807, 2.05) is 32.9 Å². The molecule has 0 bridgehead atoms. The summed E-state index contributed by atoms with van der Waals surface area (Å²) < 4.78 is 4.26. The van der Waals surface area contributed by atoms with E-state index in [4.69, 9.17) is 0 Å². The Morgan fingerprint density at radius 3 is 2.06 bits per heavy atom. The fourth-order valence-electron chi connectivity index (χ4n) is 0.912. The minimum Gasteiger partial charge on any atom is -0.462 e. The summed E-state index contributed by atoms with van der Waals surface area (Å²) in [6, 6.07) is 7.12. The smallest absolute Gasteiger partial charge is 0.396 e. The Bertz CT molecular complexity index is 344. The van der Waals surface area contributed by atoms with E-state index in [9.17, 15) is 9.59 Å². The molecule has 1 aromatic rings. The quantitative estimate of drug-likeness (QED) is 0.586. The van der Waals surface area contributed by atoms with Gasteiger partial charge in [0, 0.05) is 5.69 Å². The number of carbonyl (C=O) groups excluding carboxylic acids is 2. The summed E-state index contributed by atoms with van der Waals surface area (Å²) in [5.41, 5.74) is 1.66. The van der Waals surface area contributed by atoms with E-state index in [0.29, 0.717) is 5.69 Å². The molecule has 0 saturated carbocycles. The summed E-state index contributed by atoms with van der Waals surface area (Å²) in [4.78, 5) is 21.8. The zero-order valence-electron chi connectivity index (χ0n) is 10.0. The number of aryl methyl sites for hydroxylation is 1. The van der Waals surface area contributed by atoms with Crippen molar-refractivity contribution in [3.05, 3.63) is 29.8 Å². The third kappa shape index (κ3) is 4.59. The summed E-state index contributed by atoms with van der Waals surface area (Å²) in [6.07, 6.45) is 0. The third-order valence-corrected chi connectivity index (χ3v) is 1.68. The van der Waals surface area contributed by atoms with Gasteiger partial charge in [-0.2, -0.15) is 0 Å². The number of nitrogens with one attached hydrogen (secondary N) is 1. The highest BCUT2D eigenvalue weighted by atomic mass is 16.5. The largest absolute Gasteiger partial charge is 0.462 e. The number of rotatable bonds is 1. The summed E-state index contributed by atoms with van der Waals surface area (Å²) in [5, 5.41) is 2.41. The van der Waals surface area contributed by atoms with E-state index in [1.54, 1.807) is 12.1 Å². The molecule has 0 radical (unpaired) electrons. The van der Waals surface area contributed by atoms with Crippen molar-refractivity contribution in [3.8, 4) is 0 Å². The van der Waals surface area contributed by atoms with Crippen molar-refractivity contribution >= 4 is 17.6 Å². The number of benzene rings is 1. The Kier molecular flexibility index (Phi) is 6.59. The number of hydrogen-bond donors (Lipinski definition) is 1. The van der Waals surface area contributed by atoms with Gasteiger partial charge in [0.25, 0.3) is 0 Å². The Balaban J connectivity index is 0.00000106. The first-order valence-electron chi connectivity index (χ1n) is 5.09. The van der Waals surface area contributed by atoms with E-state index in [1.165, 1.54) is 0 Å². The predicted molar refractivity (Wildman–Crippen MR) is 63.2 cm³/mol. The van der Waals surface area contributed by atoms with Crippen molar-refractivity contribution < 1.29 is 14.3 Å². The van der Waals surface area contributed by atoms with Crippen LogP contribution in [-0.2, 0) is 14.3 Å². The molecule has 1 rings (SSSR count). The molecule has 0 heterocycles. The van der Waals surface area contributed by atoms with Crippen LogP contribution in [0.4, 0.5) is 5.69 Å². The number of methoxy groups -OCH3 is 1. The van der Waals surface area contributed by atoms with Crippen LogP contribution in [0.1, 0.15) is 19.4 Å². The summed E-state index contributed by atoms with van der Waals surface area (Å²) in [5.74, 6) is -1.66. The number of esters is 1. The average Bonchev–Trinajstić information content (AvgIpc) is 2.33. The standard InChI is InChI=1S/C10H11NO3.C2H6/c1-7-3-5-8(6-4-7)11-9(12)10(13)14-2;1-2/h3-6H,1-2H3,(H,11,12);1-2H3.